The molecule has 1 aromatic heterocycles. The maximum absolute atomic E-state index is 6.01. The van der Waals surface area contributed by atoms with Gasteiger partial charge in [-0.3, -0.25) is 4.99 Å². The summed E-state index contributed by atoms with van der Waals surface area (Å²) in [4.78, 5) is 8.30. The Morgan fingerprint density at radius 2 is 1.86 bits per heavy atom. The van der Waals surface area contributed by atoms with Crippen LogP contribution in [0.3, 0.4) is 0 Å². The fourth-order valence-corrected chi connectivity index (χ4v) is 3.64. The molecule has 2 unspecified atom stereocenters. The number of para-hydroxylation sites is 2. The summed E-state index contributed by atoms with van der Waals surface area (Å²) >= 11 is 1.76. The molecule has 0 radical (unpaired) electrons. The molecule has 0 saturated carbocycles. The van der Waals surface area contributed by atoms with Crippen molar-refractivity contribution >= 4 is 41.3 Å². The van der Waals surface area contributed by atoms with Gasteiger partial charge in [-0.05, 0) is 51.5 Å². The number of ether oxygens (including phenoxy) is 2. The normalized spacial score (nSPS) is 13.4. The van der Waals surface area contributed by atoms with Crippen molar-refractivity contribution in [3.63, 3.8) is 0 Å². The average Bonchev–Trinajstić information content (AvgIpc) is 3.20. The third-order valence-corrected chi connectivity index (χ3v) is 5.19. The van der Waals surface area contributed by atoms with Gasteiger partial charge in [0, 0.05) is 11.4 Å². The van der Waals surface area contributed by atoms with Gasteiger partial charge < -0.3 is 25.0 Å². The van der Waals surface area contributed by atoms with Gasteiger partial charge in [0.05, 0.1) is 26.2 Å². The van der Waals surface area contributed by atoms with Crippen molar-refractivity contribution in [3.05, 3.63) is 46.7 Å². The van der Waals surface area contributed by atoms with Gasteiger partial charge in [-0.15, -0.1) is 35.3 Å². The molecular weight excluding hydrogens is 499 g/mol. The molecule has 1 heterocycles. The van der Waals surface area contributed by atoms with E-state index in [9.17, 15) is 0 Å². The van der Waals surface area contributed by atoms with Gasteiger partial charge >= 0.3 is 0 Å². The summed E-state index contributed by atoms with van der Waals surface area (Å²) in [6.07, 6.45) is -0.0397. The number of likely N-dealkylation sites (N-methyl/N-ethyl adjacent to an activating group) is 1. The second-order valence-corrected chi connectivity index (χ2v) is 7.65. The molecule has 0 bridgehead atoms. The van der Waals surface area contributed by atoms with Crippen LogP contribution in [-0.4, -0.2) is 57.8 Å². The first-order valence-electron chi connectivity index (χ1n) is 9.56. The Kier molecular flexibility index (Phi) is 12.0. The molecule has 2 aromatic rings. The highest BCUT2D eigenvalue weighted by Gasteiger charge is 2.15. The number of halogens is 1. The Balaban J connectivity index is 0.00000420. The zero-order valence-corrected chi connectivity index (χ0v) is 21.0. The number of rotatable bonds is 10. The first-order valence-corrected chi connectivity index (χ1v) is 10.4. The van der Waals surface area contributed by atoms with Crippen LogP contribution in [0.5, 0.6) is 11.5 Å². The monoisotopic (exact) mass is 532 g/mol. The molecule has 2 atom stereocenters. The molecule has 0 aliphatic rings. The topological polar surface area (TPSA) is 58.1 Å². The lowest BCUT2D eigenvalue weighted by atomic mass is 10.2. The Labute approximate surface area is 195 Å². The minimum absolute atomic E-state index is 0. The number of hydrogen-bond donors (Lipinski definition) is 2. The number of nitrogens with zero attached hydrogens (tertiary/aromatic N) is 2. The van der Waals surface area contributed by atoms with E-state index in [4.69, 9.17) is 14.5 Å². The van der Waals surface area contributed by atoms with Crippen LogP contribution < -0.4 is 20.1 Å². The first-order chi connectivity index (χ1) is 13.5. The Morgan fingerprint density at radius 1 is 1.14 bits per heavy atom. The van der Waals surface area contributed by atoms with Crippen LogP contribution in [-0.2, 0) is 0 Å². The smallest absolute Gasteiger partial charge is 0.191 e. The second kappa shape index (κ2) is 13.7. The van der Waals surface area contributed by atoms with E-state index in [1.807, 2.05) is 31.2 Å². The molecule has 0 spiro atoms. The van der Waals surface area contributed by atoms with Crippen LogP contribution in [0.1, 0.15) is 24.8 Å². The zero-order chi connectivity index (χ0) is 20.4. The molecular formula is C21H33IN4O2S. The summed E-state index contributed by atoms with van der Waals surface area (Å²) < 4.78 is 11.4. The van der Waals surface area contributed by atoms with E-state index >= 15 is 0 Å². The van der Waals surface area contributed by atoms with Crippen molar-refractivity contribution in [2.45, 2.75) is 26.0 Å². The van der Waals surface area contributed by atoms with Crippen LogP contribution in [0.2, 0.25) is 0 Å². The van der Waals surface area contributed by atoms with Gasteiger partial charge in [-0.1, -0.05) is 18.2 Å². The number of thiophene rings is 1. The van der Waals surface area contributed by atoms with Crippen molar-refractivity contribution in [1.82, 2.24) is 15.5 Å². The van der Waals surface area contributed by atoms with Crippen molar-refractivity contribution in [3.8, 4) is 11.5 Å². The number of guanidine groups is 1. The highest BCUT2D eigenvalue weighted by atomic mass is 127. The summed E-state index contributed by atoms with van der Waals surface area (Å²) in [6, 6.07) is 12.2. The Morgan fingerprint density at radius 3 is 2.45 bits per heavy atom. The largest absolute Gasteiger partial charge is 0.493 e. The fraction of sp³-hybridized carbons (Fsp3) is 0.476. The summed E-state index contributed by atoms with van der Waals surface area (Å²) in [6.45, 7) is 6.21. The van der Waals surface area contributed by atoms with Gasteiger partial charge in [0.1, 0.15) is 6.10 Å². The minimum Gasteiger partial charge on any atom is -0.493 e. The molecule has 0 aliphatic heterocycles. The Hall–Kier alpha value is -1.52. The van der Waals surface area contributed by atoms with Gasteiger partial charge in [0.15, 0.2) is 17.5 Å². The van der Waals surface area contributed by atoms with Crippen molar-refractivity contribution in [2.24, 2.45) is 4.99 Å². The molecule has 6 nitrogen and oxygen atoms in total. The quantitative estimate of drug-likeness (QED) is 0.275. The Bertz CT molecular complexity index is 725. The summed E-state index contributed by atoms with van der Waals surface area (Å²) in [7, 11) is 5.82. The molecule has 162 valence electrons. The number of hydrogen-bond acceptors (Lipinski definition) is 5. The fourth-order valence-electron chi connectivity index (χ4n) is 2.72. The number of nitrogens with one attached hydrogen (secondary N) is 2. The lowest BCUT2D eigenvalue weighted by Crippen LogP contribution is -2.42. The van der Waals surface area contributed by atoms with E-state index in [0.29, 0.717) is 13.1 Å². The van der Waals surface area contributed by atoms with Crippen molar-refractivity contribution < 1.29 is 9.47 Å². The van der Waals surface area contributed by atoms with Gasteiger partial charge in [0.25, 0.3) is 0 Å². The minimum atomic E-state index is -0.0397. The van der Waals surface area contributed by atoms with Gasteiger partial charge in [0.2, 0.25) is 0 Å². The van der Waals surface area contributed by atoms with Crippen LogP contribution >= 0.6 is 35.3 Å². The van der Waals surface area contributed by atoms with Crippen LogP contribution in [0, 0.1) is 0 Å². The number of benzene rings is 1. The lowest BCUT2D eigenvalue weighted by Gasteiger charge is -2.23. The predicted molar refractivity (Wildman–Crippen MR) is 133 cm³/mol. The van der Waals surface area contributed by atoms with Gasteiger partial charge in [-0.2, -0.15) is 0 Å². The molecule has 2 N–H and O–H groups in total. The second-order valence-electron chi connectivity index (χ2n) is 6.67. The SMILES string of the molecule is CCNC(=NCC(c1cccs1)N(C)C)NCC(C)Oc1ccccc1OC.I. The lowest BCUT2D eigenvalue weighted by molar-refractivity contribution is 0.213. The van der Waals surface area contributed by atoms with Crippen LogP contribution in [0.4, 0.5) is 0 Å². The third kappa shape index (κ3) is 8.39. The molecule has 8 heteroatoms. The van der Waals surface area contributed by atoms with Crippen LogP contribution in [0.25, 0.3) is 0 Å². The van der Waals surface area contributed by atoms with Crippen molar-refractivity contribution in [2.75, 3.05) is 40.8 Å². The van der Waals surface area contributed by atoms with E-state index < -0.39 is 0 Å². The highest BCUT2D eigenvalue weighted by Crippen LogP contribution is 2.26. The molecule has 0 amide bonds. The molecule has 0 saturated heterocycles. The molecule has 29 heavy (non-hydrogen) atoms. The van der Waals surface area contributed by atoms with E-state index in [0.717, 1.165) is 24.0 Å². The first kappa shape index (κ1) is 25.5. The van der Waals surface area contributed by atoms with Crippen LogP contribution in [0.15, 0.2) is 46.8 Å². The predicted octanol–water partition coefficient (Wildman–Crippen LogP) is 4.00. The van der Waals surface area contributed by atoms with E-state index in [-0.39, 0.29) is 36.1 Å². The maximum Gasteiger partial charge on any atom is 0.191 e. The van der Waals surface area contributed by atoms with E-state index in [1.165, 1.54) is 4.88 Å². The molecule has 1 aromatic carbocycles. The number of methoxy groups -OCH3 is 1. The maximum atomic E-state index is 6.01. The summed E-state index contributed by atoms with van der Waals surface area (Å²) in [5, 5.41) is 8.79. The van der Waals surface area contributed by atoms with E-state index in [2.05, 4.69) is 54.1 Å². The third-order valence-electron chi connectivity index (χ3n) is 4.22. The average molecular weight is 532 g/mol. The van der Waals surface area contributed by atoms with Crippen molar-refractivity contribution in [1.29, 1.82) is 0 Å². The standard InChI is InChI=1S/C21H32N4O2S.HI/c1-6-22-21(24-15-17(25(3)4)20-12-9-13-28-20)23-14-16(2)27-19-11-8-7-10-18(19)26-5;/h7-13,16-17H,6,14-15H2,1-5H3,(H2,22,23,24);1H. The highest BCUT2D eigenvalue weighted by molar-refractivity contribution is 14.0. The molecule has 2 rings (SSSR count). The molecule has 0 fully saturated rings. The number of aliphatic imine (C=N–C) groups is 1. The van der Waals surface area contributed by atoms with E-state index in [1.54, 1.807) is 18.4 Å². The summed E-state index contributed by atoms with van der Waals surface area (Å²) in [5.41, 5.74) is 0. The molecule has 0 aliphatic carbocycles. The zero-order valence-electron chi connectivity index (χ0n) is 17.8. The summed E-state index contributed by atoms with van der Waals surface area (Å²) in [5.74, 6) is 2.27. The van der Waals surface area contributed by atoms with Gasteiger partial charge in [-0.25, -0.2) is 0 Å².